The Labute approximate surface area is 77.0 Å². The molecule has 0 atom stereocenters. The molecular formula is C6H4ClF3N2. The van der Waals surface area contributed by atoms with Crippen molar-refractivity contribution in [2.45, 2.75) is 13.0 Å². The lowest BCUT2D eigenvalue weighted by Gasteiger charge is -2.06. The lowest BCUT2D eigenvalue weighted by molar-refractivity contribution is -0.138. The van der Waals surface area contributed by atoms with Crippen LogP contribution in [0.3, 0.4) is 0 Å². The highest BCUT2D eigenvalue weighted by molar-refractivity contribution is 6.30. The summed E-state index contributed by atoms with van der Waals surface area (Å²) in [7, 11) is 0. The Bertz CT molecular complexity index is 394. The van der Waals surface area contributed by atoms with E-state index in [0.29, 0.717) is 0 Å². The lowest BCUT2D eigenvalue weighted by atomic mass is 10.3. The highest BCUT2D eigenvalue weighted by Gasteiger charge is 2.34. The molecule has 0 aliphatic rings. The molecule has 2 nitrogen and oxygen atoms in total. The molecule has 1 rings (SSSR count). The van der Waals surface area contributed by atoms with Crippen molar-refractivity contribution in [3.63, 3.8) is 0 Å². The maximum atomic E-state index is 12.3. The van der Waals surface area contributed by atoms with E-state index < -0.39 is 35.7 Å². The lowest BCUT2D eigenvalue weighted by Crippen LogP contribution is -2.08. The summed E-state index contributed by atoms with van der Waals surface area (Å²) < 4.78 is 64.6. The van der Waals surface area contributed by atoms with Crippen molar-refractivity contribution in [2.75, 3.05) is 0 Å². The standard InChI is InChI=1S/C6H4ClF3N2/c1-3-11-2-4(5(7)12-3)6(8,9)10/h2H,1H3/i1D3,2D. The SMILES string of the molecule is [2H]c1nc(C([2H])([2H])[2H])nc(Cl)c1C(F)(F)F. The van der Waals surface area contributed by atoms with Gasteiger partial charge in [0.25, 0.3) is 0 Å². The van der Waals surface area contributed by atoms with E-state index in [-0.39, 0.29) is 0 Å². The van der Waals surface area contributed by atoms with Crippen molar-refractivity contribution >= 4 is 11.6 Å². The Morgan fingerprint density at radius 3 is 2.75 bits per heavy atom. The zero-order chi connectivity index (χ0) is 12.7. The van der Waals surface area contributed by atoms with Crippen molar-refractivity contribution < 1.29 is 18.7 Å². The number of aromatic nitrogens is 2. The summed E-state index contributed by atoms with van der Waals surface area (Å²) in [5.41, 5.74) is -1.54. The van der Waals surface area contributed by atoms with E-state index in [1.807, 2.05) is 0 Å². The van der Waals surface area contributed by atoms with E-state index in [1.54, 1.807) is 0 Å². The summed E-state index contributed by atoms with van der Waals surface area (Å²) in [6, 6.07) is 0. The molecule has 0 aliphatic carbocycles. The minimum Gasteiger partial charge on any atom is -0.241 e. The van der Waals surface area contributed by atoms with E-state index in [9.17, 15) is 13.2 Å². The summed E-state index contributed by atoms with van der Waals surface area (Å²) in [6.07, 6.45) is -6.14. The number of nitrogens with zero attached hydrogens (tertiary/aromatic N) is 2. The van der Waals surface area contributed by atoms with Gasteiger partial charge in [0.15, 0.2) is 0 Å². The Morgan fingerprint density at radius 2 is 2.33 bits per heavy atom. The van der Waals surface area contributed by atoms with Gasteiger partial charge in [-0.05, 0) is 6.85 Å². The maximum Gasteiger partial charge on any atom is 0.420 e. The molecule has 0 aromatic carbocycles. The zero-order valence-electron chi connectivity index (χ0n) is 9.41. The molecular weight excluding hydrogens is 193 g/mol. The molecule has 1 aromatic rings. The van der Waals surface area contributed by atoms with Gasteiger partial charge in [0, 0.05) is 10.3 Å². The molecule has 0 unspecified atom stereocenters. The Morgan fingerprint density at radius 1 is 1.67 bits per heavy atom. The fourth-order valence-corrected chi connectivity index (χ4v) is 0.739. The van der Waals surface area contributed by atoms with E-state index in [0.717, 1.165) is 0 Å². The van der Waals surface area contributed by atoms with Gasteiger partial charge in [0.1, 0.15) is 16.5 Å². The van der Waals surface area contributed by atoms with Crippen LogP contribution in [0.4, 0.5) is 13.2 Å². The summed E-state index contributed by atoms with van der Waals surface area (Å²) in [4.78, 5) is 5.98. The Balaban J connectivity index is 3.41. The summed E-state index contributed by atoms with van der Waals surface area (Å²) in [5, 5.41) is -1.08. The van der Waals surface area contributed by atoms with Crippen LogP contribution in [0.15, 0.2) is 6.17 Å². The number of hydrogen-bond acceptors (Lipinski definition) is 2. The number of halogens is 4. The molecule has 1 heterocycles. The normalized spacial score (nSPS) is 17.7. The van der Waals surface area contributed by atoms with E-state index >= 15 is 0 Å². The average molecular weight is 201 g/mol. The van der Waals surface area contributed by atoms with Gasteiger partial charge >= 0.3 is 6.18 Å². The molecule has 0 fully saturated rings. The van der Waals surface area contributed by atoms with Crippen LogP contribution in [-0.4, -0.2) is 9.97 Å². The summed E-state index contributed by atoms with van der Waals surface area (Å²) in [6.45, 7) is -2.80. The molecule has 0 amide bonds. The molecule has 0 radical (unpaired) electrons. The molecule has 0 N–H and O–H groups in total. The fourth-order valence-electron chi connectivity index (χ4n) is 0.509. The second kappa shape index (κ2) is 2.90. The molecule has 12 heavy (non-hydrogen) atoms. The molecule has 0 spiro atoms. The Kier molecular flexibility index (Phi) is 1.21. The molecule has 1 aromatic heterocycles. The largest absolute Gasteiger partial charge is 0.420 e. The molecule has 0 aliphatic heterocycles. The highest BCUT2D eigenvalue weighted by atomic mass is 35.5. The van der Waals surface area contributed by atoms with Crippen LogP contribution in [0, 0.1) is 6.85 Å². The van der Waals surface area contributed by atoms with Crippen LogP contribution in [0.25, 0.3) is 0 Å². The molecule has 0 bridgehead atoms. The monoisotopic (exact) mass is 200 g/mol. The van der Waals surface area contributed by atoms with Crippen LogP contribution < -0.4 is 0 Å². The Hall–Kier alpha value is -0.840. The highest BCUT2D eigenvalue weighted by Crippen LogP contribution is 2.32. The molecule has 6 heteroatoms. The van der Waals surface area contributed by atoms with Crippen molar-refractivity contribution in [3.8, 4) is 0 Å². The maximum absolute atomic E-state index is 12.3. The molecule has 66 valence electrons. The van der Waals surface area contributed by atoms with Gasteiger partial charge in [0.2, 0.25) is 0 Å². The smallest absolute Gasteiger partial charge is 0.241 e. The molecule has 0 saturated heterocycles. The van der Waals surface area contributed by atoms with Gasteiger partial charge in [-0.3, -0.25) is 0 Å². The number of rotatable bonds is 0. The second-order valence-corrected chi connectivity index (χ2v) is 2.18. The van der Waals surface area contributed by atoms with Gasteiger partial charge in [-0.25, -0.2) is 9.97 Å². The number of alkyl halides is 3. The predicted molar refractivity (Wildman–Crippen MR) is 36.8 cm³/mol. The minimum absolute atomic E-state index is 0.879. The van der Waals surface area contributed by atoms with E-state index in [2.05, 4.69) is 9.97 Å². The first-order chi connectivity index (χ1) is 7.03. The average Bonchev–Trinajstić information content (AvgIpc) is 1.97. The van der Waals surface area contributed by atoms with Gasteiger partial charge in [0.05, 0.1) is 1.37 Å². The fraction of sp³-hybridized carbons (Fsp3) is 0.333. The first-order valence-corrected chi connectivity index (χ1v) is 3.03. The predicted octanol–water partition coefficient (Wildman–Crippen LogP) is 2.46. The van der Waals surface area contributed by atoms with Crippen molar-refractivity contribution in [1.82, 2.24) is 9.97 Å². The van der Waals surface area contributed by atoms with Crippen LogP contribution in [-0.2, 0) is 6.18 Å². The van der Waals surface area contributed by atoms with Gasteiger partial charge in [-0.15, -0.1) is 0 Å². The second-order valence-electron chi connectivity index (χ2n) is 1.82. The first kappa shape index (κ1) is 5.01. The van der Waals surface area contributed by atoms with Crippen LogP contribution >= 0.6 is 11.6 Å². The molecule has 0 saturated carbocycles. The van der Waals surface area contributed by atoms with E-state index in [1.165, 1.54) is 0 Å². The third-order valence-electron chi connectivity index (χ3n) is 0.967. The zero-order valence-corrected chi connectivity index (χ0v) is 6.16. The van der Waals surface area contributed by atoms with Crippen molar-refractivity contribution in [1.29, 1.82) is 0 Å². The van der Waals surface area contributed by atoms with E-state index in [4.69, 9.17) is 17.1 Å². The van der Waals surface area contributed by atoms with Crippen molar-refractivity contribution in [3.05, 3.63) is 22.7 Å². The number of aryl methyl sites for hydroxylation is 1. The third-order valence-corrected chi connectivity index (χ3v) is 1.24. The number of hydrogen-bond donors (Lipinski definition) is 0. The summed E-state index contributed by atoms with van der Waals surface area (Å²) >= 11 is 5.18. The van der Waals surface area contributed by atoms with Crippen LogP contribution in [0.2, 0.25) is 5.15 Å². The van der Waals surface area contributed by atoms with Crippen LogP contribution in [0.5, 0.6) is 0 Å². The first-order valence-electron chi connectivity index (χ1n) is 4.65. The van der Waals surface area contributed by atoms with Gasteiger partial charge < -0.3 is 0 Å². The van der Waals surface area contributed by atoms with Gasteiger partial charge in [-0.1, -0.05) is 11.6 Å². The quantitative estimate of drug-likeness (QED) is 0.602. The van der Waals surface area contributed by atoms with Crippen LogP contribution in [0.1, 0.15) is 16.9 Å². The van der Waals surface area contributed by atoms with Crippen molar-refractivity contribution in [2.24, 2.45) is 0 Å². The van der Waals surface area contributed by atoms with Gasteiger partial charge in [-0.2, -0.15) is 13.2 Å². The minimum atomic E-state index is -4.89. The summed E-state index contributed by atoms with van der Waals surface area (Å²) in [5.74, 6) is -0.879. The topological polar surface area (TPSA) is 25.8 Å². The third kappa shape index (κ3) is 1.85.